The average Bonchev–Trinajstić information content (AvgIpc) is 2.26. The second-order valence-corrected chi connectivity index (χ2v) is 3.61. The van der Waals surface area contributed by atoms with Gasteiger partial charge in [0.1, 0.15) is 0 Å². The molecular weight excluding hydrogens is 234 g/mol. The number of carbonyl (C=O) groups excluding carboxylic acids is 1. The van der Waals surface area contributed by atoms with Gasteiger partial charge in [0.25, 0.3) is 5.69 Å². The van der Waals surface area contributed by atoms with Gasteiger partial charge in [0.2, 0.25) is 0 Å². The molecule has 1 rings (SSSR count). The van der Waals surface area contributed by atoms with Crippen LogP contribution in [0.3, 0.4) is 0 Å². The Bertz CT molecular complexity index is 390. The summed E-state index contributed by atoms with van der Waals surface area (Å²) in [6, 6.07) is 6.08. The molecule has 1 atom stereocenters. The van der Waals surface area contributed by atoms with Crippen LogP contribution in [0.15, 0.2) is 24.3 Å². The minimum atomic E-state index is -0.853. The Morgan fingerprint density at radius 3 is 2.50 bits per heavy atom. The maximum atomic E-state index is 10.4. The van der Waals surface area contributed by atoms with Crippen LogP contribution >= 0.6 is 11.6 Å². The van der Waals surface area contributed by atoms with Crippen LogP contribution in [-0.4, -0.2) is 17.0 Å². The van der Waals surface area contributed by atoms with Gasteiger partial charge in [-0.05, 0) is 5.56 Å². The van der Waals surface area contributed by atoms with Gasteiger partial charge in [-0.15, -0.1) is 0 Å². The minimum Gasteiger partial charge on any atom is -0.453 e. The maximum Gasteiger partial charge on any atom is 0.403 e. The van der Waals surface area contributed by atoms with Crippen LogP contribution in [0.5, 0.6) is 0 Å². The number of halogens is 1. The molecule has 0 radical (unpaired) electrons. The molecule has 1 unspecified atom stereocenters. The van der Waals surface area contributed by atoms with E-state index >= 15 is 0 Å². The van der Waals surface area contributed by atoms with Crippen LogP contribution in [0.4, 0.5) is 10.5 Å². The molecule has 0 N–H and O–H groups in total. The highest BCUT2D eigenvalue weighted by molar-refractivity contribution is 6.61. The molecule has 0 aliphatic carbocycles. The predicted molar refractivity (Wildman–Crippen MR) is 58.7 cm³/mol. The molecule has 0 spiro atoms. The number of hydrogen-bond acceptors (Lipinski definition) is 4. The highest BCUT2D eigenvalue weighted by Crippen LogP contribution is 2.19. The van der Waals surface area contributed by atoms with E-state index in [1.54, 1.807) is 12.1 Å². The van der Waals surface area contributed by atoms with Crippen LogP contribution in [0, 0.1) is 10.1 Å². The molecule has 86 valence electrons. The molecular formula is C10H10ClNO4. The molecule has 0 aromatic heterocycles. The lowest BCUT2D eigenvalue weighted by Crippen LogP contribution is -2.05. The number of nitrogens with zero attached hydrogens (tertiary/aromatic N) is 1. The number of nitro groups is 1. The van der Waals surface area contributed by atoms with Gasteiger partial charge in [0, 0.05) is 29.7 Å². The van der Waals surface area contributed by atoms with E-state index in [0.29, 0.717) is 0 Å². The third kappa shape index (κ3) is 3.51. The first-order chi connectivity index (χ1) is 7.50. The summed E-state index contributed by atoms with van der Waals surface area (Å²) in [5.74, 6) is -0.0523. The van der Waals surface area contributed by atoms with E-state index in [1.807, 2.05) is 6.92 Å². The van der Waals surface area contributed by atoms with Gasteiger partial charge in [-0.2, -0.15) is 0 Å². The third-order valence-electron chi connectivity index (χ3n) is 2.12. The zero-order valence-electron chi connectivity index (χ0n) is 8.55. The summed E-state index contributed by atoms with van der Waals surface area (Å²) < 4.78 is 4.63. The van der Waals surface area contributed by atoms with E-state index < -0.39 is 10.4 Å². The lowest BCUT2D eigenvalue weighted by molar-refractivity contribution is -0.384. The Kier molecular flexibility index (Phi) is 4.25. The highest BCUT2D eigenvalue weighted by atomic mass is 35.5. The first-order valence-corrected chi connectivity index (χ1v) is 4.95. The molecule has 0 amide bonds. The van der Waals surface area contributed by atoms with E-state index in [0.717, 1.165) is 5.56 Å². The van der Waals surface area contributed by atoms with Crippen molar-refractivity contribution in [1.29, 1.82) is 0 Å². The van der Waals surface area contributed by atoms with Crippen molar-refractivity contribution in [3.8, 4) is 0 Å². The molecule has 0 heterocycles. The fourth-order valence-corrected chi connectivity index (χ4v) is 1.27. The Labute approximate surface area is 97.1 Å². The van der Waals surface area contributed by atoms with Crippen molar-refractivity contribution in [3.05, 3.63) is 39.9 Å². The smallest absolute Gasteiger partial charge is 0.403 e. The molecule has 5 nitrogen and oxygen atoms in total. The molecule has 0 aliphatic heterocycles. The SMILES string of the molecule is CC(COC(=O)Cl)c1ccc([N+](=O)[O-])cc1. The second kappa shape index (κ2) is 5.46. The summed E-state index contributed by atoms with van der Waals surface area (Å²) in [5.41, 5.74) is 0.0302. The van der Waals surface area contributed by atoms with Crippen LogP contribution in [0.25, 0.3) is 0 Å². The number of hydrogen-bond donors (Lipinski definition) is 0. The van der Waals surface area contributed by atoms with Crippen molar-refractivity contribution in [3.63, 3.8) is 0 Å². The maximum absolute atomic E-state index is 10.4. The fraction of sp³-hybridized carbons (Fsp3) is 0.300. The number of ether oxygens (including phenoxy) is 1. The number of rotatable bonds is 4. The first kappa shape index (κ1) is 12.4. The molecule has 0 aliphatic rings. The summed E-state index contributed by atoms with van der Waals surface area (Å²) in [5, 5.41) is 10.4. The summed E-state index contributed by atoms with van der Waals surface area (Å²) >= 11 is 5.03. The molecule has 6 heteroatoms. The molecule has 0 bridgehead atoms. The molecule has 0 fully saturated rings. The average molecular weight is 244 g/mol. The van der Waals surface area contributed by atoms with Gasteiger partial charge in [0.05, 0.1) is 11.5 Å². The van der Waals surface area contributed by atoms with Crippen LogP contribution in [0.2, 0.25) is 0 Å². The lowest BCUT2D eigenvalue weighted by atomic mass is 10.0. The zero-order chi connectivity index (χ0) is 12.1. The van der Waals surface area contributed by atoms with Crippen molar-refractivity contribution < 1.29 is 14.5 Å². The van der Waals surface area contributed by atoms with Gasteiger partial charge in [0.15, 0.2) is 0 Å². The van der Waals surface area contributed by atoms with Crippen molar-refractivity contribution in [2.24, 2.45) is 0 Å². The van der Waals surface area contributed by atoms with E-state index in [9.17, 15) is 14.9 Å². The summed E-state index contributed by atoms with van der Waals surface area (Å²) in [6.07, 6.45) is 0. The normalized spacial score (nSPS) is 11.9. The number of benzene rings is 1. The van der Waals surface area contributed by atoms with Crippen molar-refractivity contribution in [1.82, 2.24) is 0 Å². The van der Waals surface area contributed by atoms with E-state index in [4.69, 9.17) is 11.6 Å². The van der Waals surface area contributed by atoms with Crippen LogP contribution in [-0.2, 0) is 4.74 Å². The van der Waals surface area contributed by atoms with Crippen molar-refractivity contribution >= 4 is 22.7 Å². The van der Waals surface area contributed by atoms with Gasteiger partial charge >= 0.3 is 5.43 Å². The zero-order valence-corrected chi connectivity index (χ0v) is 9.31. The quantitative estimate of drug-likeness (QED) is 0.463. The molecule has 1 aromatic carbocycles. The van der Waals surface area contributed by atoms with Crippen molar-refractivity contribution in [2.75, 3.05) is 6.61 Å². The number of nitro benzene ring substituents is 1. The van der Waals surface area contributed by atoms with E-state index in [-0.39, 0.29) is 18.2 Å². The lowest BCUT2D eigenvalue weighted by Gasteiger charge is -2.10. The van der Waals surface area contributed by atoms with Gasteiger partial charge < -0.3 is 4.74 Å². The van der Waals surface area contributed by atoms with Gasteiger partial charge in [-0.3, -0.25) is 10.1 Å². The third-order valence-corrected chi connectivity index (χ3v) is 2.23. The largest absolute Gasteiger partial charge is 0.453 e. The molecule has 0 saturated carbocycles. The number of non-ortho nitro benzene ring substituents is 1. The predicted octanol–water partition coefficient (Wildman–Crippen LogP) is 3.07. The Morgan fingerprint density at radius 1 is 1.50 bits per heavy atom. The van der Waals surface area contributed by atoms with Crippen LogP contribution in [0.1, 0.15) is 18.4 Å². The monoisotopic (exact) mass is 243 g/mol. The van der Waals surface area contributed by atoms with Crippen LogP contribution < -0.4 is 0 Å². The van der Waals surface area contributed by atoms with Gasteiger partial charge in [-0.25, -0.2) is 4.79 Å². The Morgan fingerprint density at radius 2 is 2.06 bits per heavy atom. The number of carbonyl (C=O) groups is 1. The summed E-state index contributed by atoms with van der Waals surface area (Å²) in [4.78, 5) is 20.3. The Hall–Kier alpha value is -1.62. The standard InChI is InChI=1S/C10H10ClNO4/c1-7(6-16-10(11)13)8-2-4-9(5-3-8)12(14)15/h2-5,7H,6H2,1H3. The highest BCUT2D eigenvalue weighted by Gasteiger charge is 2.10. The second-order valence-electron chi connectivity index (χ2n) is 3.30. The first-order valence-electron chi connectivity index (χ1n) is 4.57. The molecule has 0 saturated heterocycles. The molecule has 16 heavy (non-hydrogen) atoms. The topological polar surface area (TPSA) is 69.4 Å². The summed E-state index contributed by atoms with van der Waals surface area (Å²) in [7, 11) is 0. The van der Waals surface area contributed by atoms with E-state index in [1.165, 1.54) is 12.1 Å². The Balaban J connectivity index is 2.66. The van der Waals surface area contributed by atoms with Gasteiger partial charge in [-0.1, -0.05) is 19.1 Å². The fourth-order valence-electron chi connectivity index (χ4n) is 1.21. The summed E-state index contributed by atoms with van der Waals surface area (Å²) in [6.45, 7) is 1.99. The minimum absolute atomic E-state index is 0.0327. The van der Waals surface area contributed by atoms with Crippen molar-refractivity contribution in [2.45, 2.75) is 12.8 Å². The molecule has 1 aromatic rings. The van der Waals surface area contributed by atoms with E-state index in [2.05, 4.69) is 4.74 Å².